The van der Waals surface area contributed by atoms with Gasteiger partial charge < -0.3 is 0 Å². The highest BCUT2D eigenvalue weighted by Crippen LogP contribution is 2.53. The SMILES string of the molecule is Cc1ccc(-c2ccccc2)cc1-c1c2ccc(C3CC4CCC3C4)cc2cc[n+]1C. The molecule has 154 valence electrons. The summed E-state index contributed by atoms with van der Waals surface area (Å²) < 4.78 is 2.29. The maximum atomic E-state index is 2.49. The molecule has 1 heteroatoms. The zero-order chi connectivity index (χ0) is 20.9. The Bertz CT molecular complexity index is 1270. The maximum Gasteiger partial charge on any atom is 0.220 e. The van der Waals surface area contributed by atoms with Crippen LogP contribution in [0.25, 0.3) is 33.2 Å². The van der Waals surface area contributed by atoms with Crippen LogP contribution >= 0.6 is 0 Å². The Morgan fingerprint density at radius 3 is 2.45 bits per heavy atom. The fourth-order valence-corrected chi connectivity index (χ4v) is 6.30. The first-order valence-corrected chi connectivity index (χ1v) is 11.8. The average molecular weight is 405 g/mol. The number of aryl methyl sites for hydroxylation is 2. The lowest BCUT2D eigenvalue weighted by Crippen LogP contribution is -2.30. The van der Waals surface area contributed by atoms with Crippen molar-refractivity contribution in [2.45, 2.75) is 38.5 Å². The molecule has 1 aromatic heterocycles. The van der Waals surface area contributed by atoms with Crippen molar-refractivity contribution in [3.63, 3.8) is 0 Å². The third-order valence-electron chi connectivity index (χ3n) is 7.93. The van der Waals surface area contributed by atoms with E-state index in [0.29, 0.717) is 0 Å². The molecule has 4 aromatic rings. The van der Waals surface area contributed by atoms with Crippen molar-refractivity contribution in [3.8, 4) is 22.4 Å². The number of pyridine rings is 1. The van der Waals surface area contributed by atoms with Crippen molar-refractivity contribution in [2.24, 2.45) is 18.9 Å². The van der Waals surface area contributed by atoms with Crippen LogP contribution in [0.2, 0.25) is 0 Å². The van der Waals surface area contributed by atoms with Crippen molar-refractivity contribution < 1.29 is 4.57 Å². The first-order valence-electron chi connectivity index (χ1n) is 11.8. The number of hydrogen-bond donors (Lipinski definition) is 0. The second-order valence-electron chi connectivity index (χ2n) is 9.80. The van der Waals surface area contributed by atoms with Crippen LogP contribution in [0.15, 0.2) is 79.0 Å². The Labute approximate surface area is 185 Å². The van der Waals surface area contributed by atoms with E-state index in [1.165, 1.54) is 64.4 Å². The average Bonchev–Trinajstić information content (AvgIpc) is 3.44. The molecule has 1 nitrogen and oxygen atoms in total. The molecule has 0 N–H and O–H groups in total. The lowest BCUT2D eigenvalue weighted by molar-refractivity contribution is -0.659. The van der Waals surface area contributed by atoms with Gasteiger partial charge in [0.2, 0.25) is 5.69 Å². The Morgan fingerprint density at radius 2 is 1.68 bits per heavy atom. The minimum Gasteiger partial charge on any atom is -0.200 e. The summed E-state index contributed by atoms with van der Waals surface area (Å²) in [6.45, 7) is 2.23. The van der Waals surface area contributed by atoms with Crippen LogP contribution in [-0.4, -0.2) is 0 Å². The predicted molar refractivity (Wildman–Crippen MR) is 129 cm³/mol. The quantitative estimate of drug-likeness (QED) is 0.318. The lowest BCUT2D eigenvalue weighted by atomic mass is 9.82. The minimum absolute atomic E-state index is 0.781. The van der Waals surface area contributed by atoms with Crippen LogP contribution < -0.4 is 4.57 Å². The first-order chi connectivity index (χ1) is 15.2. The Balaban J connectivity index is 1.48. The van der Waals surface area contributed by atoms with Crippen molar-refractivity contribution >= 4 is 10.8 Å². The molecular weight excluding hydrogens is 374 g/mol. The first kappa shape index (κ1) is 18.8. The van der Waals surface area contributed by atoms with E-state index in [9.17, 15) is 0 Å². The van der Waals surface area contributed by atoms with Gasteiger partial charge in [0.15, 0.2) is 6.20 Å². The Morgan fingerprint density at radius 1 is 0.806 bits per heavy atom. The highest BCUT2D eigenvalue weighted by molar-refractivity contribution is 5.94. The standard InChI is InChI=1S/C30H30N/c1-20-8-10-23(22-6-4-3-5-7-22)19-28(20)30-27-13-12-25(18-26(27)14-15-31(30)2)29-17-21-9-11-24(29)16-21/h3-8,10,12-15,18-19,21,24,29H,9,11,16-17H2,1-2H3/q+1. The Hall–Kier alpha value is -2.93. The summed E-state index contributed by atoms with van der Waals surface area (Å²) in [4.78, 5) is 0. The van der Waals surface area contributed by atoms with Gasteiger partial charge in [0.1, 0.15) is 7.05 Å². The molecule has 2 bridgehead atoms. The fraction of sp³-hybridized carbons (Fsp3) is 0.300. The molecule has 1 heterocycles. The number of benzene rings is 3. The summed E-state index contributed by atoms with van der Waals surface area (Å²) in [5.41, 5.74) is 8.06. The van der Waals surface area contributed by atoms with E-state index in [0.717, 1.165) is 17.8 Å². The second kappa shape index (κ2) is 7.34. The largest absolute Gasteiger partial charge is 0.220 e. The third-order valence-corrected chi connectivity index (χ3v) is 7.93. The highest BCUT2D eigenvalue weighted by atomic mass is 14.9. The van der Waals surface area contributed by atoms with Gasteiger partial charge in [-0.1, -0.05) is 61.0 Å². The molecule has 3 aromatic carbocycles. The molecule has 0 aliphatic heterocycles. The van der Waals surface area contributed by atoms with E-state index < -0.39 is 0 Å². The molecule has 0 amide bonds. The Kier molecular flexibility index (Phi) is 4.45. The number of aromatic nitrogens is 1. The number of hydrogen-bond acceptors (Lipinski definition) is 0. The van der Waals surface area contributed by atoms with Crippen LogP contribution in [0.3, 0.4) is 0 Å². The number of nitrogens with zero attached hydrogens (tertiary/aromatic N) is 1. The molecule has 2 aliphatic rings. The van der Waals surface area contributed by atoms with E-state index >= 15 is 0 Å². The van der Waals surface area contributed by atoms with Crippen LogP contribution in [-0.2, 0) is 7.05 Å². The summed E-state index contributed by atoms with van der Waals surface area (Å²) in [7, 11) is 2.17. The zero-order valence-electron chi connectivity index (χ0n) is 18.5. The van der Waals surface area contributed by atoms with E-state index in [4.69, 9.17) is 0 Å². The minimum atomic E-state index is 0.781. The summed E-state index contributed by atoms with van der Waals surface area (Å²) >= 11 is 0. The lowest BCUT2D eigenvalue weighted by Gasteiger charge is -2.22. The van der Waals surface area contributed by atoms with Gasteiger partial charge in [-0.2, -0.15) is 0 Å². The van der Waals surface area contributed by atoms with E-state index in [1.807, 2.05) is 0 Å². The van der Waals surface area contributed by atoms with Crippen molar-refractivity contribution in [2.75, 3.05) is 0 Å². The van der Waals surface area contributed by atoms with Crippen LogP contribution in [0.5, 0.6) is 0 Å². The molecular formula is C30H30N+. The molecule has 3 unspecified atom stereocenters. The maximum absolute atomic E-state index is 2.49. The summed E-state index contributed by atoms with van der Waals surface area (Å²) in [6, 6.07) is 27.2. The third kappa shape index (κ3) is 3.19. The van der Waals surface area contributed by atoms with Gasteiger partial charge in [0, 0.05) is 6.07 Å². The van der Waals surface area contributed by atoms with Gasteiger partial charge in [0.05, 0.1) is 10.9 Å². The number of rotatable bonds is 3. The smallest absolute Gasteiger partial charge is 0.200 e. The van der Waals surface area contributed by atoms with Crippen LogP contribution in [0.4, 0.5) is 0 Å². The zero-order valence-corrected chi connectivity index (χ0v) is 18.5. The van der Waals surface area contributed by atoms with Crippen LogP contribution in [0, 0.1) is 18.8 Å². The molecule has 2 fully saturated rings. The molecule has 3 atom stereocenters. The molecule has 0 spiro atoms. The van der Waals surface area contributed by atoms with Crippen molar-refractivity contribution in [3.05, 3.63) is 90.1 Å². The van der Waals surface area contributed by atoms with Gasteiger partial charge in [-0.25, -0.2) is 4.57 Å². The van der Waals surface area contributed by atoms with Crippen molar-refractivity contribution in [1.29, 1.82) is 0 Å². The fourth-order valence-electron chi connectivity index (χ4n) is 6.30. The molecule has 31 heavy (non-hydrogen) atoms. The van der Waals surface area contributed by atoms with Gasteiger partial charge in [-0.3, -0.25) is 0 Å². The molecule has 0 saturated heterocycles. The second-order valence-corrected chi connectivity index (χ2v) is 9.80. The highest BCUT2D eigenvalue weighted by Gasteiger charge is 2.40. The van der Waals surface area contributed by atoms with Gasteiger partial charge in [-0.05, 0) is 83.7 Å². The monoisotopic (exact) mass is 404 g/mol. The molecule has 6 rings (SSSR count). The van der Waals surface area contributed by atoms with Crippen molar-refractivity contribution in [1.82, 2.24) is 0 Å². The normalized spacial score (nSPS) is 22.3. The summed E-state index contributed by atoms with van der Waals surface area (Å²) in [5.74, 6) is 2.69. The van der Waals surface area contributed by atoms with Crippen LogP contribution in [0.1, 0.15) is 42.7 Å². The van der Waals surface area contributed by atoms with E-state index in [1.54, 1.807) is 5.56 Å². The summed E-state index contributed by atoms with van der Waals surface area (Å²) in [6.07, 6.45) is 8.00. The number of fused-ring (bicyclic) bond motifs is 3. The molecule has 2 saturated carbocycles. The molecule has 2 aliphatic carbocycles. The van der Waals surface area contributed by atoms with Gasteiger partial charge in [0.25, 0.3) is 0 Å². The van der Waals surface area contributed by atoms with Gasteiger partial charge in [-0.15, -0.1) is 0 Å². The van der Waals surface area contributed by atoms with E-state index in [2.05, 4.69) is 97.5 Å². The predicted octanol–water partition coefficient (Wildman–Crippen LogP) is 7.21. The van der Waals surface area contributed by atoms with Gasteiger partial charge >= 0.3 is 0 Å². The topological polar surface area (TPSA) is 3.88 Å². The summed E-state index contributed by atoms with van der Waals surface area (Å²) in [5, 5.41) is 2.73. The van der Waals surface area contributed by atoms with E-state index in [-0.39, 0.29) is 0 Å². The molecule has 0 radical (unpaired) electrons.